The summed E-state index contributed by atoms with van der Waals surface area (Å²) in [6, 6.07) is 0. The fourth-order valence-electron chi connectivity index (χ4n) is 0.672. The van der Waals surface area contributed by atoms with Gasteiger partial charge in [-0.3, -0.25) is 0 Å². The molecular weight excluding hydrogens is 181 g/mol. The van der Waals surface area contributed by atoms with Gasteiger partial charge < -0.3 is 5.32 Å². The SMILES string of the molecule is C/C=C/CNc1ncc(F)cn1.CC. The number of anilines is 1. The first-order chi connectivity index (χ1) is 6.83. The molecule has 0 aromatic carbocycles. The summed E-state index contributed by atoms with van der Waals surface area (Å²) in [5, 5.41) is 2.90. The van der Waals surface area contributed by atoms with E-state index in [4.69, 9.17) is 0 Å². The fraction of sp³-hybridized carbons (Fsp3) is 0.400. The van der Waals surface area contributed by atoms with Gasteiger partial charge in [0.05, 0.1) is 12.4 Å². The molecular formula is C10H16FN3. The van der Waals surface area contributed by atoms with Crippen LogP contribution in [0.5, 0.6) is 0 Å². The second kappa shape index (κ2) is 8.16. The van der Waals surface area contributed by atoms with Crippen LogP contribution in [0.25, 0.3) is 0 Å². The van der Waals surface area contributed by atoms with Crippen LogP contribution in [0.1, 0.15) is 20.8 Å². The molecule has 3 nitrogen and oxygen atoms in total. The number of nitrogens with zero attached hydrogens (tertiary/aromatic N) is 2. The van der Waals surface area contributed by atoms with Crippen LogP contribution in [0.15, 0.2) is 24.5 Å². The van der Waals surface area contributed by atoms with E-state index < -0.39 is 5.82 Å². The third-order valence-electron chi connectivity index (χ3n) is 1.23. The molecule has 0 amide bonds. The minimum atomic E-state index is -0.424. The molecule has 4 heteroatoms. The number of rotatable bonds is 3. The molecule has 0 spiro atoms. The first-order valence-electron chi connectivity index (χ1n) is 4.65. The van der Waals surface area contributed by atoms with E-state index in [1.165, 1.54) is 0 Å². The van der Waals surface area contributed by atoms with Gasteiger partial charge in [-0.1, -0.05) is 26.0 Å². The van der Waals surface area contributed by atoms with Crippen molar-refractivity contribution in [2.75, 3.05) is 11.9 Å². The van der Waals surface area contributed by atoms with E-state index in [1.807, 2.05) is 32.9 Å². The number of allylic oxidation sites excluding steroid dienone is 1. The van der Waals surface area contributed by atoms with Gasteiger partial charge in [0.1, 0.15) is 0 Å². The molecule has 0 unspecified atom stereocenters. The highest BCUT2D eigenvalue weighted by atomic mass is 19.1. The molecule has 0 saturated heterocycles. The summed E-state index contributed by atoms with van der Waals surface area (Å²) in [6.07, 6.45) is 6.10. The van der Waals surface area contributed by atoms with E-state index in [9.17, 15) is 4.39 Å². The van der Waals surface area contributed by atoms with Gasteiger partial charge in [-0.15, -0.1) is 0 Å². The summed E-state index contributed by atoms with van der Waals surface area (Å²) in [4.78, 5) is 7.44. The van der Waals surface area contributed by atoms with Crippen LogP contribution in [0.3, 0.4) is 0 Å². The van der Waals surface area contributed by atoms with Crippen molar-refractivity contribution >= 4 is 5.95 Å². The molecule has 0 atom stereocenters. The minimum Gasteiger partial charge on any atom is -0.351 e. The maximum Gasteiger partial charge on any atom is 0.223 e. The van der Waals surface area contributed by atoms with Crippen LogP contribution in [0.4, 0.5) is 10.3 Å². The standard InChI is InChI=1S/C8H10FN3.C2H6/c1-2-3-4-10-8-11-5-7(9)6-12-8;1-2/h2-3,5-6H,4H2,1H3,(H,10,11,12);1-2H3/b3-2+;. The highest BCUT2D eigenvalue weighted by Crippen LogP contribution is 1.96. The molecule has 1 aromatic rings. The van der Waals surface area contributed by atoms with Gasteiger partial charge in [0, 0.05) is 6.54 Å². The molecule has 1 aromatic heterocycles. The van der Waals surface area contributed by atoms with Crippen LogP contribution in [-0.4, -0.2) is 16.5 Å². The molecule has 0 saturated carbocycles. The van der Waals surface area contributed by atoms with Gasteiger partial charge in [-0.05, 0) is 6.92 Å². The van der Waals surface area contributed by atoms with Gasteiger partial charge >= 0.3 is 0 Å². The molecule has 78 valence electrons. The largest absolute Gasteiger partial charge is 0.351 e. The Bertz CT molecular complexity index is 257. The summed E-state index contributed by atoms with van der Waals surface area (Å²) < 4.78 is 12.3. The topological polar surface area (TPSA) is 37.8 Å². The predicted octanol–water partition coefficient (Wildman–Crippen LogP) is 2.63. The van der Waals surface area contributed by atoms with Crippen LogP contribution >= 0.6 is 0 Å². The monoisotopic (exact) mass is 197 g/mol. The number of aromatic nitrogens is 2. The first kappa shape index (κ1) is 12.6. The van der Waals surface area contributed by atoms with Gasteiger partial charge in [0.15, 0.2) is 5.82 Å². The molecule has 0 radical (unpaired) electrons. The van der Waals surface area contributed by atoms with E-state index in [2.05, 4.69) is 15.3 Å². The van der Waals surface area contributed by atoms with Gasteiger partial charge in [-0.2, -0.15) is 0 Å². The van der Waals surface area contributed by atoms with Crippen molar-refractivity contribution in [2.24, 2.45) is 0 Å². The zero-order valence-corrected chi connectivity index (χ0v) is 8.79. The van der Waals surface area contributed by atoms with Crippen molar-refractivity contribution < 1.29 is 4.39 Å². The molecule has 0 aliphatic rings. The van der Waals surface area contributed by atoms with Crippen LogP contribution < -0.4 is 5.32 Å². The molecule has 0 aliphatic heterocycles. The van der Waals surface area contributed by atoms with Crippen molar-refractivity contribution in [3.8, 4) is 0 Å². The molecule has 1 heterocycles. The zero-order valence-electron chi connectivity index (χ0n) is 8.79. The maximum absolute atomic E-state index is 12.3. The summed E-state index contributed by atoms with van der Waals surface area (Å²) in [5.41, 5.74) is 0. The van der Waals surface area contributed by atoms with E-state index in [1.54, 1.807) is 0 Å². The second-order valence-corrected chi connectivity index (χ2v) is 2.17. The van der Waals surface area contributed by atoms with E-state index >= 15 is 0 Å². The average molecular weight is 197 g/mol. The maximum atomic E-state index is 12.3. The molecule has 1 rings (SSSR count). The van der Waals surface area contributed by atoms with Gasteiger partial charge in [0.2, 0.25) is 5.95 Å². The Morgan fingerprint density at radius 2 is 1.93 bits per heavy atom. The number of halogens is 1. The Hall–Kier alpha value is -1.45. The second-order valence-electron chi connectivity index (χ2n) is 2.17. The summed E-state index contributed by atoms with van der Waals surface area (Å²) in [5.74, 6) is 0.0149. The fourth-order valence-corrected chi connectivity index (χ4v) is 0.672. The number of nitrogens with one attached hydrogen (secondary N) is 1. The number of hydrogen-bond acceptors (Lipinski definition) is 3. The summed E-state index contributed by atoms with van der Waals surface area (Å²) in [6.45, 7) is 6.58. The van der Waals surface area contributed by atoms with Crippen molar-refractivity contribution in [1.29, 1.82) is 0 Å². The lowest BCUT2D eigenvalue weighted by Gasteiger charge is -1.98. The molecule has 1 N–H and O–H groups in total. The van der Waals surface area contributed by atoms with E-state index in [0.717, 1.165) is 12.4 Å². The van der Waals surface area contributed by atoms with Crippen molar-refractivity contribution in [3.63, 3.8) is 0 Å². The van der Waals surface area contributed by atoms with Gasteiger partial charge in [0.25, 0.3) is 0 Å². The smallest absolute Gasteiger partial charge is 0.223 e. The minimum absolute atomic E-state index is 0.424. The third-order valence-corrected chi connectivity index (χ3v) is 1.23. The normalized spacial score (nSPS) is 9.43. The lowest BCUT2D eigenvalue weighted by atomic mass is 10.5. The highest BCUT2D eigenvalue weighted by Gasteiger charge is 1.92. The average Bonchev–Trinajstić information content (AvgIpc) is 2.24. The van der Waals surface area contributed by atoms with Crippen LogP contribution in [-0.2, 0) is 0 Å². The zero-order chi connectivity index (χ0) is 10.8. The van der Waals surface area contributed by atoms with Crippen molar-refractivity contribution in [2.45, 2.75) is 20.8 Å². The predicted molar refractivity (Wildman–Crippen MR) is 56.6 cm³/mol. The van der Waals surface area contributed by atoms with Crippen LogP contribution in [0, 0.1) is 5.82 Å². The van der Waals surface area contributed by atoms with Crippen molar-refractivity contribution in [3.05, 3.63) is 30.4 Å². The summed E-state index contributed by atoms with van der Waals surface area (Å²) in [7, 11) is 0. The lowest BCUT2D eigenvalue weighted by molar-refractivity contribution is 0.614. The molecule has 0 aliphatic carbocycles. The third kappa shape index (κ3) is 5.24. The lowest BCUT2D eigenvalue weighted by Crippen LogP contribution is -2.02. The van der Waals surface area contributed by atoms with E-state index in [0.29, 0.717) is 12.5 Å². The molecule has 0 fully saturated rings. The Balaban J connectivity index is 0.000000791. The quantitative estimate of drug-likeness (QED) is 0.757. The first-order valence-corrected chi connectivity index (χ1v) is 4.65. The van der Waals surface area contributed by atoms with E-state index in [-0.39, 0.29) is 0 Å². The van der Waals surface area contributed by atoms with Crippen LogP contribution in [0.2, 0.25) is 0 Å². The van der Waals surface area contributed by atoms with Crippen molar-refractivity contribution in [1.82, 2.24) is 9.97 Å². The number of hydrogen-bond donors (Lipinski definition) is 1. The Morgan fingerprint density at radius 1 is 1.36 bits per heavy atom. The highest BCUT2D eigenvalue weighted by molar-refractivity contribution is 5.23. The molecule has 0 bridgehead atoms. The summed E-state index contributed by atoms with van der Waals surface area (Å²) >= 11 is 0. The Kier molecular flexibility index (Phi) is 7.32. The van der Waals surface area contributed by atoms with Gasteiger partial charge in [-0.25, -0.2) is 14.4 Å². The Morgan fingerprint density at radius 3 is 2.43 bits per heavy atom. The Labute approximate surface area is 84.1 Å². The molecule has 14 heavy (non-hydrogen) atoms.